The molecule has 7 nitrogen and oxygen atoms in total. The normalized spacial score (nSPS) is 11.2. The summed E-state index contributed by atoms with van der Waals surface area (Å²) in [6, 6.07) is 10.5. The number of ether oxygens (including phenoxy) is 1. The lowest BCUT2D eigenvalue weighted by Gasteiger charge is -2.11. The van der Waals surface area contributed by atoms with E-state index in [9.17, 15) is 13.6 Å². The molecule has 0 fully saturated rings. The lowest BCUT2D eigenvalue weighted by molar-refractivity contribution is 0.103. The van der Waals surface area contributed by atoms with Crippen molar-refractivity contribution in [1.82, 2.24) is 19.7 Å². The third-order valence-corrected chi connectivity index (χ3v) is 5.92. The van der Waals surface area contributed by atoms with E-state index in [0.717, 1.165) is 28.6 Å². The molecule has 0 bridgehead atoms. The average Bonchev–Trinajstić information content (AvgIpc) is 3.39. The lowest BCUT2D eigenvalue weighted by Crippen LogP contribution is -2.06. The molecule has 0 spiro atoms. The van der Waals surface area contributed by atoms with Crippen LogP contribution in [0.3, 0.4) is 0 Å². The largest absolute Gasteiger partial charge is 0.433 e. The van der Waals surface area contributed by atoms with Gasteiger partial charge in [-0.05, 0) is 62.2 Å². The monoisotopic (exact) mass is 473 g/mol. The topological polar surface area (TPSA) is 98.8 Å². The van der Waals surface area contributed by atoms with Gasteiger partial charge in [0.1, 0.15) is 0 Å². The van der Waals surface area contributed by atoms with Crippen LogP contribution in [0.5, 0.6) is 11.6 Å². The molecule has 0 unspecified atom stereocenters. The molecule has 5 aromatic rings. The van der Waals surface area contributed by atoms with Crippen LogP contribution in [0.25, 0.3) is 16.6 Å². The van der Waals surface area contributed by atoms with Crippen molar-refractivity contribution in [3.63, 3.8) is 0 Å². The van der Waals surface area contributed by atoms with Gasteiger partial charge in [-0.3, -0.25) is 4.79 Å². The first-order valence-electron chi connectivity index (χ1n) is 10.8. The van der Waals surface area contributed by atoms with Crippen molar-refractivity contribution in [2.24, 2.45) is 0 Å². The van der Waals surface area contributed by atoms with Gasteiger partial charge in [-0.25, -0.2) is 18.4 Å². The minimum absolute atomic E-state index is 0.0315. The van der Waals surface area contributed by atoms with Gasteiger partial charge >= 0.3 is 0 Å². The highest BCUT2D eigenvalue weighted by atomic mass is 19.1. The van der Waals surface area contributed by atoms with E-state index in [-0.39, 0.29) is 11.7 Å². The van der Waals surface area contributed by atoms with Crippen LogP contribution in [-0.2, 0) is 0 Å². The molecule has 35 heavy (non-hydrogen) atoms. The molecule has 0 aliphatic rings. The number of carbonyl (C=O) groups excluding carboxylic acids is 1. The van der Waals surface area contributed by atoms with Crippen LogP contribution in [0.1, 0.15) is 32.9 Å². The second-order valence-electron chi connectivity index (χ2n) is 8.33. The molecule has 3 aromatic heterocycles. The number of nitrogens with two attached hydrogens (primary N) is 1. The van der Waals surface area contributed by atoms with Crippen molar-refractivity contribution in [1.29, 1.82) is 0 Å². The fourth-order valence-corrected chi connectivity index (χ4v) is 3.94. The smallest absolute Gasteiger partial charge is 0.219 e. The molecule has 0 radical (unpaired) electrons. The zero-order valence-electron chi connectivity index (χ0n) is 19.2. The number of halogens is 2. The Kier molecular flexibility index (Phi) is 5.32. The maximum atomic E-state index is 13.9. The highest BCUT2D eigenvalue weighted by molar-refractivity contribution is 6.10. The number of fused-ring (bicyclic) bond motifs is 1. The Hall–Kier alpha value is -4.53. The Morgan fingerprint density at radius 1 is 1.03 bits per heavy atom. The van der Waals surface area contributed by atoms with E-state index in [1.54, 1.807) is 30.7 Å². The van der Waals surface area contributed by atoms with Gasteiger partial charge in [0, 0.05) is 22.7 Å². The van der Waals surface area contributed by atoms with Crippen molar-refractivity contribution in [3.8, 4) is 17.3 Å². The zero-order chi connectivity index (χ0) is 24.9. The Morgan fingerprint density at radius 2 is 1.77 bits per heavy atom. The second-order valence-corrected chi connectivity index (χ2v) is 8.33. The standard InChI is InChI=1S/C26H21F2N5O2/c1-13-7-16-9-22(32-21(16)10-20(13)29)25(34)17-11-31-33(15(17)3)23-12-30-24(8-14(23)2)35-26-18(27)5-4-6-19(26)28/h4-12,32H,29H2,1-3H3. The molecule has 2 aromatic carbocycles. The number of aromatic nitrogens is 4. The molecule has 0 saturated carbocycles. The molecule has 0 saturated heterocycles. The summed E-state index contributed by atoms with van der Waals surface area (Å²) in [6.07, 6.45) is 2.98. The third-order valence-electron chi connectivity index (χ3n) is 5.92. The van der Waals surface area contributed by atoms with E-state index >= 15 is 0 Å². The van der Waals surface area contributed by atoms with Gasteiger partial charge in [0.15, 0.2) is 11.6 Å². The number of ketones is 1. The molecule has 3 heterocycles. The molecule has 0 aliphatic heterocycles. The van der Waals surface area contributed by atoms with Crippen molar-refractivity contribution in [2.75, 3.05) is 5.73 Å². The van der Waals surface area contributed by atoms with Gasteiger partial charge in [-0.2, -0.15) is 5.10 Å². The van der Waals surface area contributed by atoms with E-state index in [0.29, 0.717) is 33.9 Å². The quantitative estimate of drug-likeness (QED) is 0.257. The number of benzene rings is 2. The third kappa shape index (κ3) is 3.90. The molecule has 5 rings (SSSR count). The van der Waals surface area contributed by atoms with Crippen LogP contribution in [0.2, 0.25) is 0 Å². The van der Waals surface area contributed by atoms with Crippen molar-refractivity contribution in [3.05, 3.63) is 94.6 Å². The zero-order valence-corrected chi connectivity index (χ0v) is 19.2. The summed E-state index contributed by atoms with van der Waals surface area (Å²) in [4.78, 5) is 20.5. The van der Waals surface area contributed by atoms with Gasteiger partial charge in [0.05, 0.1) is 35.0 Å². The summed E-state index contributed by atoms with van der Waals surface area (Å²) < 4.78 is 34.7. The number of H-pyrrole nitrogens is 1. The van der Waals surface area contributed by atoms with Crippen LogP contribution in [0, 0.1) is 32.4 Å². The fraction of sp³-hybridized carbons (Fsp3) is 0.115. The van der Waals surface area contributed by atoms with E-state index < -0.39 is 17.4 Å². The van der Waals surface area contributed by atoms with Crippen LogP contribution >= 0.6 is 0 Å². The number of para-hydroxylation sites is 1. The number of hydrogen-bond acceptors (Lipinski definition) is 5. The number of carbonyl (C=O) groups is 1. The molecule has 0 amide bonds. The number of aromatic amines is 1. The van der Waals surface area contributed by atoms with Crippen molar-refractivity contribution in [2.45, 2.75) is 20.8 Å². The predicted octanol–water partition coefficient (Wildman–Crippen LogP) is 5.56. The molecule has 3 N–H and O–H groups in total. The Bertz CT molecular complexity index is 1560. The number of nitrogen functional groups attached to an aromatic ring is 1. The number of aryl methyl sites for hydroxylation is 2. The molecule has 176 valence electrons. The van der Waals surface area contributed by atoms with Gasteiger partial charge in [-0.1, -0.05) is 6.07 Å². The summed E-state index contributed by atoms with van der Waals surface area (Å²) in [5, 5.41) is 5.27. The minimum atomic E-state index is -0.825. The minimum Gasteiger partial charge on any atom is -0.433 e. The van der Waals surface area contributed by atoms with Gasteiger partial charge in [0.25, 0.3) is 0 Å². The molecular weight excluding hydrogens is 452 g/mol. The van der Waals surface area contributed by atoms with E-state index in [2.05, 4.69) is 15.1 Å². The number of nitrogens with zero attached hydrogens (tertiary/aromatic N) is 3. The van der Waals surface area contributed by atoms with Crippen molar-refractivity contribution < 1.29 is 18.3 Å². The molecule has 0 atom stereocenters. The van der Waals surface area contributed by atoms with E-state index in [1.807, 2.05) is 19.1 Å². The maximum Gasteiger partial charge on any atom is 0.219 e. The molecule has 0 aliphatic carbocycles. The second kappa shape index (κ2) is 8.35. The van der Waals surface area contributed by atoms with Gasteiger partial charge in [0.2, 0.25) is 17.4 Å². The fourth-order valence-electron chi connectivity index (χ4n) is 3.94. The molecule has 9 heteroatoms. The predicted molar refractivity (Wildman–Crippen MR) is 128 cm³/mol. The van der Waals surface area contributed by atoms with Crippen molar-refractivity contribution >= 4 is 22.4 Å². The Labute approximate surface area is 199 Å². The van der Waals surface area contributed by atoms with Gasteiger partial charge in [-0.15, -0.1) is 0 Å². The Balaban J connectivity index is 1.45. The first-order valence-corrected chi connectivity index (χ1v) is 10.8. The number of anilines is 1. The number of pyridine rings is 1. The summed E-state index contributed by atoms with van der Waals surface area (Å²) in [6.45, 7) is 5.48. The average molecular weight is 473 g/mol. The summed E-state index contributed by atoms with van der Waals surface area (Å²) in [7, 11) is 0. The number of nitrogens with one attached hydrogen (secondary N) is 1. The first kappa shape index (κ1) is 22.3. The number of rotatable bonds is 5. The Morgan fingerprint density at radius 3 is 2.49 bits per heavy atom. The SMILES string of the molecule is Cc1cc2cc(C(=O)c3cnn(-c4cnc(Oc5c(F)cccc5F)cc4C)c3C)[nH]c2cc1N. The number of hydrogen-bond donors (Lipinski definition) is 2. The van der Waals surface area contributed by atoms with E-state index in [1.165, 1.54) is 18.5 Å². The molecular formula is C26H21F2N5O2. The van der Waals surface area contributed by atoms with Crippen LogP contribution in [-0.4, -0.2) is 25.5 Å². The van der Waals surface area contributed by atoms with E-state index in [4.69, 9.17) is 10.5 Å². The first-order chi connectivity index (χ1) is 16.7. The van der Waals surface area contributed by atoms with Crippen LogP contribution in [0.4, 0.5) is 14.5 Å². The highest BCUT2D eigenvalue weighted by Gasteiger charge is 2.20. The summed E-state index contributed by atoms with van der Waals surface area (Å²) in [5.41, 5.74) is 11.1. The van der Waals surface area contributed by atoms with Gasteiger partial charge < -0.3 is 15.5 Å². The highest BCUT2D eigenvalue weighted by Crippen LogP contribution is 2.29. The van der Waals surface area contributed by atoms with Crippen LogP contribution < -0.4 is 10.5 Å². The maximum absolute atomic E-state index is 13.9. The summed E-state index contributed by atoms with van der Waals surface area (Å²) in [5.74, 6) is -2.35. The van der Waals surface area contributed by atoms with Crippen LogP contribution in [0.15, 0.2) is 54.9 Å². The lowest BCUT2D eigenvalue weighted by atomic mass is 10.1. The summed E-state index contributed by atoms with van der Waals surface area (Å²) >= 11 is 0.